The molecule has 0 amide bonds. The van der Waals surface area contributed by atoms with Gasteiger partial charge in [-0.1, -0.05) is 46.3 Å². The van der Waals surface area contributed by atoms with Crippen LogP contribution in [0.15, 0.2) is 30.3 Å². The van der Waals surface area contributed by atoms with E-state index in [0.29, 0.717) is 0 Å². The maximum absolute atomic E-state index is 8.49. The van der Waals surface area contributed by atoms with Crippen molar-refractivity contribution in [2.45, 2.75) is 4.83 Å². The van der Waals surface area contributed by atoms with E-state index >= 15 is 0 Å². The van der Waals surface area contributed by atoms with Gasteiger partial charge in [-0.2, -0.15) is 5.26 Å². The first kappa shape index (κ1) is 11.0. The summed E-state index contributed by atoms with van der Waals surface area (Å²) in [6.45, 7) is 0. The van der Waals surface area contributed by atoms with Crippen LogP contribution in [0, 0.1) is 11.3 Å². The predicted octanol–water partition coefficient (Wildman–Crippen LogP) is 2.27. The first-order valence-corrected chi connectivity index (χ1v) is 3.85. The van der Waals surface area contributed by atoms with Gasteiger partial charge in [0.2, 0.25) is 0 Å². The molecule has 1 aromatic carbocycles. The van der Waals surface area contributed by atoms with E-state index in [0.717, 1.165) is 5.56 Å². The number of alkyl halides is 1. The summed E-state index contributed by atoms with van der Waals surface area (Å²) in [5, 5.41) is 8.49. The molecular formula is C8H6BrNSn. The van der Waals surface area contributed by atoms with Gasteiger partial charge in [-0.3, -0.25) is 0 Å². The largest absolute Gasteiger partial charge is 0.197 e. The van der Waals surface area contributed by atoms with Crippen LogP contribution in [0.4, 0.5) is 0 Å². The number of rotatable bonds is 1. The molecule has 1 atom stereocenters. The van der Waals surface area contributed by atoms with Crippen LogP contribution in [0.2, 0.25) is 0 Å². The van der Waals surface area contributed by atoms with E-state index in [-0.39, 0.29) is 28.7 Å². The van der Waals surface area contributed by atoms with Gasteiger partial charge in [-0.15, -0.1) is 0 Å². The molecule has 0 aliphatic rings. The Morgan fingerprint density at radius 1 is 1.27 bits per heavy atom. The van der Waals surface area contributed by atoms with E-state index in [4.69, 9.17) is 5.26 Å². The first-order chi connectivity index (χ1) is 4.84. The Bertz CT molecular complexity index is 242. The van der Waals surface area contributed by atoms with Crippen LogP contribution in [0.25, 0.3) is 0 Å². The molecule has 0 aliphatic carbocycles. The molecule has 1 unspecified atom stereocenters. The minimum atomic E-state index is -0.173. The molecule has 1 nitrogen and oxygen atoms in total. The Morgan fingerprint density at radius 3 is 2.27 bits per heavy atom. The van der Waals surface area contributed by atoms with Gasteiger partial charge in [0.25, 0.3) is 0 Å². The van der Waals surface area contributed by atoms with Crippen molar-refractivity contribution >= 4 is 39.8 Å². The van der Waals surface area contributed by atoms with Gasteiger partial charge < -0.3 is 0 Å². The summed E-state index contributed by atoms with van der Waals surface area (Å²) in [6, 6.07) is 11.7. The molecule has 0 saturated heterocycles. The van der Waals surface area contributed by atoms with Crippen molar-refractivity contribution in [3.8, 4) is 6.07 Å². The standard InChI is InChI=1S/C8H6BrN.Sn/c9-8(6-10)7-4-2-1-3-5-7;/h1-5,8H;. The summed E-state index contributed by atoms with van der Waals surface area (Å²) in [7, 11) is 0. The summed E-state index contributed by atoms with van der Waals surface area (Å²) >= 11 is 3.22. The second kappa shape index (κ2) is 5.62. The second-order valence-electron chi connectivity index (χ2n) is 1.90. The molecule has 0 aliphatic heterocycles. The van der Waals surface area contributed by atoms with Gasteiger partial charge >= 0.3 is 0 Å². The van der Waals surface area contributed by atoms with Gasteiger partial charge in [-0.25, -0.2) is 0 Å². The SMILES string of the molecule is N#CC(Br)c1ccccc1.[Sn]. The van der Waals surface area contributed by atoms with E-state index < -0.39 is 0 Å². The van der Waals surface area contributed by atoms with Crippen LogP contribution in [-0.2, 0) is 0 Å². The quantitative estimate of drug-likeness (QED) is 0.576. The van der Waals surface area contributed by atoms with E-state index in [1.54, 1.807) is 0 Å². The average molecular weight is 315 g/mol. The minimum absolute atomic E-state index is 0. The van der Waals surface area contributed by atoms with Gasteiger partial charge in [0, 0.05) is 23.9 Å². The minimum Gasteiger partial charge on any atom is -0.197 e. The topological polar surface area (TPSA) is 23.8 Å². The second-order valence-corrected chi connectivity index (χ2v) is 2.82. The fourth-order valence-electron chi connectivity index (χ4n) is 0.697. The van der Waals surface area contributed by atoms with E-state index in [2.05, 4.69) is 22.0 Å². The molecule has 54 valence electrons. The van der Waals surface area contributed by atoms with Crippen LogP contribution < -0.4 is 0 Å². The Kier molecular flexibility index (Phi) is 5.61. The fraction of sp³-hybridized carbons (Fsp3) is 0.125. The smallest absolute Gasteiger partial charge is 0.126 e. The van der Waals surface area contributed by atoms with E-state index in [9.17, 15) is 0 Å². The summed E-state index contributed by atoms with van der Waals surface area (Å²) < 4.78 is 0. The molecule has 0 bridgehead atoms. The zero-order chi connectivity index (χ0) is 7.40. The van der Waals surface area contributed by atoms with E-state index in [1.165, 1.54) is 0 Å². The summed E-state index contributed by atoms with van der Waals surface area (Å²) in [4.78, 5) is -0.173. The number of halogens is 1. The zero-order valence-electron chi connectivity index (χ0n) is 5.79. The molecule has 4 radical (unpaired) electrons. The van der Waals surface area contributed by atoms with Crippen molar-refractivity contribution in [2.75, 3.05) is 0 Å². The Balaban J connectivity index is 0.000001000. The van der Waals surface area contributed by atoms with Crippen molar-refractivity contribution in [3.63, 3.8) is 0 Å². The third kappa shape index (κ3) is 3.26. The Labute approximate surface area is 91.5 Å². The molecule has 0 saturated carbocycles. The van der Waals surface area contributed by atoms with Crippen molar-refractivity contribution in [3.05, 3.63) is 35.9 Å². The fourth-order valence-corrected chi connectivity index (χ4v) is 1.00. The van der Waals surface area contributed by atoms with Gasteiger partial charge in [0.15, 0.2) is 0 Å². The molecule has 0 aromatic heterocycles. The molecule has 3 heteroatoms. The monoisotopic (exact) mass is 315 g/mol. The molecule has 0 fully saturated rings. The molecule has 0 spiro atoms. The Morgan fingerprint density at radius 2 is 1.82 bits per heavy atom. The average Bonchev–Trinajstić information content (AvgIpc) is 2.05. The third-order valence-electron chi connectivity index (χ3n) is 1.21. The third-order valence-corrected chi connectivity index (χ3v) is 1.94. The normalized spacial score (nSPS) is 10.9. The van der Waals surface area contributed by atoms with Crippen LogP contribution in [0.1, 0.15) is 10.4 Å². The zero-order valence-corrected chi connectivity index (χ0v) is 10.2. The van der Waals surface area contributed by atoms with Gasteiger partial charge in [0.05, 0.1) is 6.07 Å². The van der Waals surface area contributed by atoms with Crippen LogP contribution in [-0.4, -0.2) is 23.9 Å². The van der Waals surface area contributed by atoms with Gasteiger partial charge in [-0.05, 0) is 5.56 Å². The van der Waals surface area contributed by atoms with Crippen molar-refractivity contribution in [2.24, 2.45) is 0 Å². The molecular weight excluding hydrogens is 309 g/mol. The first-order valence-electron chi connectivity index (χ1n) is 2.93. The number of nitrogens with zero attached hydrogens (tertiary/aromatic N) is 1. The van der Waals surface area contributed by atoms with Crippen LogP contribution in [0.3, 0.4) is 0 Å². The maximum atomic E-state index is 8.49. The molecule has 0 N–H and O–H groups in total. The Hall–Kier alpha value is -0.0113. The van der Waals surface area contributed by atoms with Crippen molar-refractivity contribution in [1.82, 2.24) is 0 Å². The number of hydrogen-bond acceptors (Lipinski definition) is 1. The van der Waals surface area contributed by atoms with E-state index in [1.807, 2.05) is 30.3 Å². The van der Waals surface area contributed by atoms with Gasteiger partial charge in [0.1, 0.15) is 4.83 Å². The summed E-state index contributed by atoms with van der Waals surface area (Å²) in [5.74, 6) is 0. The molecule has 1 rings (SSSR count). The summed E-state index contributed by atoms with van der Waals surface area (Å²) in [5.41, 5.74) is 1.00. The molecule has 0 heterocycles. The van der Waals surface area contributed by atoms with Crippen LogP contribution >= 0.6 is 15.9 Å². The molecule has 1 aromatic rings. The number of benzene rings is 1. The van der Waals surface area contributed by atoms with Crippen molar-refractivity contribution < 1.29 is 0 Å². The molecule has 11 heavy (non-hydrogen) atoms. The maximum Gasteiger partial charge on any atom is 0.126 e. The number of hydrogen-bond donors (Lipinski definition) is 0. The number of nitriles is 1. The van der Waals surface area contributed by atoms with Crippen LogP contribution in [0.5, 0.6) is 0 Å². The predicted molar refractivity (Wildman–Crippen MR) is 49.5 cm³/mol. The summed E-state index contributed by atoms with van der Waals surface area (Å²) in [6.07, 6.45) is 0. The van der Waals surface area contributed by atoms with Crippen molar-refractivity contribution in [1.29, 1.82) is 5.26 Å².